The molecule has 1 aliphatic heterocycles. The topological polar surface area (TPSA) is 101 Å². The van der Waals surface area contributed by atoms with Crippen molar-refractivity contribution in [2.24, 2.45) is 0 Å². The van der Waals surface area contributed by atoms with Crippen LogP contribution in [0.15, 0.2) is 0 Å². The van der Waals surface area contributed by atoms with Crippen LogP contribution in [0.25, 0.3) is 0 Å². The van der Waals surface area contributed by atoms with E-state index in [0.717, 1.165) is 0 Å². The van der Waals surface area contributed by atoms with Crippen LogP contribution in [0.4, 0.5) is 4.79 Å². The molecule has 31 heavy (non-hydrogen) atoms. The van der Waals surface area contributed by atoms with E-state index in [0.29, 0.717) is 6.42 Å². The Kier molecular flexibility index (Phi) is 11.5. The highest BCUT2D eigenvalue weighted by Gasteiger charge is 2.40. The predicted molar refractivity (Wildman–Crippen MR) is 111 cm³/mol. The van der Waals surface area contributed by atoms with Gasteiger partial charge in [0.15, 0.2) is 0 Å². The third-order valence-electron chi connectivity index (χ3n) is 4.01. The molecule has 0 aromatic rings. The van der Waals surface area contributed by atoms with E-state index in [9.17, 15) is 14.4 Å². The van der Waals surface area contributed by atoms with Crippen LogP contribution in [0.3, 0.4) is 0 Å². The normalized spacial score (nSPS) is 18.0. The third-order valence-corrected chi connectivity index (χ3v) is 4.01. The molecule has 1 rings (SSSR count). The summed E-state index contributed by atoms with van der Waals surface area (Å²) in [5, 5.41) is 0. The van der Waals surface area contributed by atoms with Crippen molar-refractivity contribution < 1.29 is 38.1 Å². The lowest BCUT2D eigenvalue weighted by Gasteiger charge is -2.28. The fourth-order valence-corrected chi connectivity index (χ4v) is 2.74. The predicted octanol–water partition coefficient (Wildman–Crippen LogP) is 1.53. The molecule has 0 spiro atoms. The second-order valence-electron chi connectivity index (χ2n) is 7.83. The number of nitrogens with zero attached hydrogens (tertiary/aromatic N) is 1. The fourth-order valence-electron chi connectivity index (χ4n) is 2.74. The van der Waals surface area contributed by atoms with Gasteiger partial charge in [-0.2, -0.15) is 0 Å². The van der Waals surface area contributed by atoms with Crippen molar-refractivity contribution in [3.05, 3.63) is 0 Å². The SMILES string of the molecule is C#CCOCCC(=O)OC[C@@H]1C[C@@H](OC(=O)CCOCC#C)CN1C(=O)OC(C)(C)C. The van der Waals surface area contributed by atoms with Crippen molar-refractivity contribution in [1.29, 1.82) is 0 Å². The van der Waals surface area contributed by atoms with Crippen molar-refractivity contribution >= 4 is 18.0 Å². The van der Waals surface area contributed by atoms with Crippen LogP contribution < -0.4 is 0 Å². The number of likely N-dealkylation sites (tertiary alicyclic amines) is 1. The molecule has 1 aliphatic rings. The minimum atomic E-state index is -0.699. The minimum absolute atomic E-state index is 0.0386. The summed E-state index contributed by atoms with van der Waals surface area (Å²) in [6, 6.07) is -0.485. The van der Waals surface area contributed by atoms with Crippen LogP contribution in [0.1, 0.15) is 40.0 Å². The summed E-state index contributed by atoms with van der Waals surface area (Å²) in [5.74, 6) is 3.67. The number of hydrogen-bond donors (Lipinski definition) is 0. The van der Waals surface area contributed by atoms with E-state index in [1.807, 2.05) is 0 Å². The first kappa shape index (κ1) is 26.3. The lowest BCUT2D eigenvalue weighted by atomic mass is 10.2. The molecule has 0 aliphatic carbocycles. The number of esters is 2. The number of amides is 1. The van der Waals surface area contributed by atoms with Gasteiger partial charge in [0, 0.05) is 6.42 Å². The summed E-state index contributed by atoms with van der Waals surface area (Å²) in [6.45, 7) is 5.86. The average Bonchev–Trinajstić information content (AvgIpc) is 3.08. The second kappa shape index (κ2) is 13.5. The van der Waals surface area contributed by atoms with Crippen LogP contribution in [-0.2, 0) is 33.3 Å². The summed E-state index contributed by atoms with van der Waals surface area (Å²) in [6.07, 6.45) is 9.43. The Morgan fingerprint density at radius 1 is 1.00 bits per heavy atom. The first-order valence-corrected chi connectivity index (χ1v) is 10.0. The summed E-state index contributed by atoms with van der Waals surface area (Å²) < 4.78 is 26.2. The van der Waals surface area contributed by atoms with Gasteiger partial charge in [0.05, 0.1) is 38.6 Å². The lowest BCUT2D eigenvalue weighted by molar-refractivity contribution is -0.150. The zero-order chi connectivity index (χ0) is 23.3. The van der Waals surface area contributed by atoms with Gasteiger partial charge >= 0.3 is 18.0 Å². The second-order valence-corrected chi connectivity index (χ2v) is 7.83. The Morgan fingerprint density at radius 3 is 2.13 bits per heavy atom. The van der Waals surface area contributed by atoms with Gasteiger partial charge in [0.2, 0.25) is 0 Å². The van der Waals surface area contributed by atoms with Gasteiger partial charge in [-0.3, -0.25) is 14.5 Å². The maximum absolute atomic E-state index is 12.6. The molecule has 0 aromatic carbocycles. The quantitative estimate of drug-likeness (QED) is 0.208. The van der Waals surface area contributed by atoms with Crippen LogP contribution in [0.5, 0.6) is 0 Å². The zero-order valence-electron chi connectivity index (χ0n) is 18.4. The van der Waals surface area contributed by atoms with E-state index in [1.165, 1.54) is 4.90 Å². The van der Waals surface area contributed by atoms with E-state index in [1.54, 1.807) is 20.8 Å². The third kappa shape index (κ3) is 11.3. The molecule has 9 nitrogen and oxygen atoms in total. The molecule has 9 heteroatoms. The number of carbonyl (C=O) groups is 3. The first-order chi connectivity index (χ1) is 14.7. The maximum Gasteiger partial charge on any atom is 0.410 e. The largest absolute Gasteiger partial charge is 0.463 e. The smallest absolute Gasteiger partial charge is 0.410 e. The number of terminal acetylenes is 2. The number of carbonyl (C=O) groups excluding carboxylic acids is 3. The van der Waals surface area contributed by atoms with Crippen molar-refractivity contribution in [3.63, 3.8) is 0 Å². The Labute approximate surface area is 183 Å². The highest BCUT2D eigenvalue weighted by molar-refractivity contribution is 5.71. The molecular formula is C22H31NO8. The molecule has 1 fully saturated rings. The monoisotopic (exact) mass is 437 g/mol. The molecule has 0 saturated carbocycles. The number of ether oxygens (including phenoxy) is 5. The minimum Gasteiger partial charge on any atom is -0.463 e. The molecule has 0 N–H and O–H groups in total. The molecule has 1 amide bonds. The van der Waals surface area contributed by atoms with E-state index >= 15 is 0 Å². The summed E-state index contributed by atoms with van der Waals surface area (Å²) >= 11 is 0. The Hall–Kier alpha value is -2.75. The Morgan fingerprint density at radius 2 is 1.58 bits per heavy atom. The first-order valence-electron chi connectivity index (χ1n) is 10.0. The summed E-state index contributed by atoms with van der Waals surface area (Å²) in [4.78, 5) is 37.9. The fraction of sp³-hybridized carbons (Fsp3) is 0.682. The molecule has 0 radical (unpaired) electrons. The summed E-state index contributed by atoms with van der Waals surface area (Å²) in [7, 11) is 0. The highest BCUT2D eigenvalue weighted by atomic mass is 16.6. The summed E-state index contributed by atoms with van der Waals surface area (Å²) in [5.41, 5.74) is -0.699. The molecule has 0 aromatic heterocycles. The maximum atomic E-state index is 12.6. The standard InChI is InChI=1S/C22H31NO8/c1-6-10-27-12-8-19(24)29-16-17-14-18(30-20(25)9-13-28-11-7-2)15-23(17)21(26)31-22(3,4)5/h1-2,17-18H,8-16H2,3-5H3/t17-,18+/m0/s1. The van der Waals surface area contributed by atoms with E-state index in [2.05, 4.69) is 11.8 Å². The molecule has 1 heterocycles. The van der Waals surface area contributed by atoms with Crippen molar-refractivity contribution in [2.75, 3.05) is 39.6 Å². The van der Waals surface area contributed by atoms with Gasteiger partial charge < -0.3 is 23.7 Å². The molecular weight excluding hydrogens is 406 g/mol. The van der Waals surface area contributed by atoms with Gasteiger partial charge in [0.1, 0.15) is 31.5 Å². The van der Waals surface area contributed by atoms with Crippen LogP contribution in [0.2, 0.25) is 0 Å². The number of rotatable bonds is 11. The van der Waals surface area contributed by atoms with Gasteiger partial charge in [-0.1, -0.05) is 11.8 Å². The number of hydrogen-bond acceptors (Lipinski definition) is 8. The zero-order valence-corrected chi connectivity index (χ0v) is 18.4. The molecule has 1 saturated heterocycles. The Balaban J connectivity index is 2.61. The Bertz CT molecular complexity index is 685. The van der Waals surface area contributed by atoms with Crippen LogP contribution >= 0.6 is 0 Å². The molecule has 172 valence electrons. The van der Waals surface area contributed by atoms with E-state index in [4.69, 9.17) is 36.5 Å². The van der Waals surface area contributed by atoms with Gasteiger partial charge in [-0.25, -0.2) is 4.79 Å². The molecule has 2 atom stereocenters. The van der Waals surface area contributed by atoms with Crippen molar-refractivity contribution in [1.82, 2.24) is 4.90 Å². The van der Waals surface area contributed by atoms with Crippen molar-refractivity contribution in [2.45, 2.75) is 57.8 Å². The molecule has 0 bridgehead atoms. The van der Waals surface area contributed by atoms with Crippen molar-refractivity contribution in [3.8, 4) is 24.7 Å². The lowest BCUT2D eigenvalue weighted by Crippen LogP contribution is -2.42. The van der Waals surface area contributed by atoms with E-state index < -0.39 is 35.8 Å². The highest BCUT2D eigenvalue weighted by Crippen LogP contribution is 2.24. The van der Waals surface area contributed by atoms with Gasteiger partial charge in [-0.15, -0.1) is 12.8 Å². The molecule has 0 unspecified atom stereocenters. The van der Waals surface area contributed by atoms with Crippen LogP contribution in [-0.4, -0.2) is 80.3 Å². The van der Waals surface area contributed by atoms with Crippen LogP contribution in [0, 0.1) is 24.7 Å². The van der Waals surface area contributed by atoms with E-state index in [-0.39, 0.29) is 52.4 Å². The van der Waals surface area contributed by atoms with Gasteiger partial charge in [-0.05, 0) is 20.8 Å². The average molecular weight is 437 g/mol. The van der Waals surface area contributed by atoms with Gasteiger partial charge in [0.25, 0.3) is 0 Å².